The van der Waals surface area contributed by atoms with Crippen LogP contribution in [0.4, 0.5) is 0 Å². The first kappa shape index (κ1) is 9.01. The van der Waals surface area contributed by atoms with Crippen LogP contribution in [0.25, 0.3) is 0 Å². The molecule has 2 atom stereocenters. The van der Waals surface area contributed by atoms with E-state index in [0.29, 0.717) is 5.92 Å². The molecule has 11 heavy (non-hydrogen) atoms. The Kier molecular flexibility index (Phi) is 3.87. The monoisotopic (exact) mass is 158 g/mol. The average Bonchev–Trinajstić information content (AvgIpc) is 2.03. The molecule has 1 rings (SSSR count). The molecule has 0 saturated carbocycles. The van der Waals surface area contributed by atoms with Gasteiger partial charge in [0.15, 0.2) is 0 Å². The second-order valence-electron chi connectivity index (χ2n) is 3.33. The zero-order valence-corrected chi connectivity index (χ0v) is 7.25. The normalized spacial score (nSPS) is 32.2. The summed E-state index contributed by atoms with van der Waals surface area (Å²) in [5, 5.41) is 9.52. The third kappa shape index (κ3) is 2.80. The van der Waals surface area contributed by atoms with Gasteiger partial charge in [-0.15, -0.1) is 0 Å². The van der Waals surface area contributed by atoms with Crippen molar-refractivity contribution in [1.82, 2.24) is 0 Å². The van der Waals surface area contributed by atoms with Crippen molar-refractivity contribution in [2.24, 2.45) is 5.92 Å². The van der Waals surface area contributed by atoms with E-state index >= 15 is 0 Å². The first-order valence-corrected chi connectivity index (χ1v) is 4.60. The number of aliphatic hydroxyl groups is 1. The predicted molar refractivity (Wildman–Crippen MR) is 44.5 cm³/mol. The van der Waals surface area contributed by atoms with Crippen LogP contribution in [0, 0.1) is 5.92 Å². The molecule has 0 spiro atoms. The molecule has 0 amide bonds. The van der Waals surface area contributed by atoms with Gasteiger partial charge in [-0.3, -0.25) is 0 Å². The summed E-state index contributed by atoms with van der Waals surface area (Å²) >= 11 is 0. The van der Waals surface area contributed by atoms with Gasteiger partial charge in [-0.2, -0.15) is 0 Å². The molecule has 2 nitrogen and oxygen atoms in total. The van der Waals surface area contributed by atoms with Crippen LogP contribution in [0.2, 0.25) is 0 Å². The minimum Gasteiger partial charge on any atom is -0.393 e. The summed E-state index contributed by atoms with van der Waals surface area (Å²) in [4.78, 5) is 0. The number of ether oxygens (including phenoxy) is 1. The number of unbranched alkanes of at least 4 members (excludes halogenated alkanes) is 1. The molecule has 2 heteroatoms. The van der Waals surface area contributed by atoms with E-state index in [-0.39, 0.29) is 6.10 Å². The smallest absolute Gasteiger partial charge is 0.0612 e. The maximum Gasteiger partial charge on any atom is 0.0612 e. The highest BCUT2D eigenvalue weighted by Gasteiger charge is 2.22. The molecule has 0 bridgehead atoms. The Labute approximate surface area is 68.6 Å². The Balaban J connectivity index is 2.18. The van der Waals surface area contributed by atoms with Crippen molar-refractivity contribution in [3.05, 3.63) is 0 Å². The molecule has 0 radical (unpaired) electrons. The van der Waals surface area contributed by atoms with Gasteiger partial charge in [0.05, 0.1) is 12.7 Å². The van der Waals surface area contributed by atoms with E-state index in [9.17, 15) is 5.11 Å². The fourth-order valence-corrected chi connectivity index (χ4v) is 1.53. The van der Waals surface area contributed by atoms with Crippen LogP contribution < -0.4 is 0 Å². The Morgan fingerprint density at radius 2 is 2.36 bits per heavy atom. The molecule has 1 aliphatic heterocycles. The van der Waals surface area contributed by atoms with Crippen LogP contribution in [-0.4, -0.2) is 24.4 Å². The number of aliphatic hydroxyl groups excluding tert-OH is 1. The van der Waals surface area contributed by atoms with Crippen LogP contribution >= 0.6 is 0 Å². The van der Waals surface area contributed by atoms with E-state index in [4.69, 9.17) is 4.74 Å². The number of hydrogen-bond acceptors (Lipinski definition) is 2. The van der Waals surface area contributed by atoms with Gasteiger partial charge in [-0.1, -0.05) is 19.8 Å². The fourth-order valence-electron chi connectivity index (χ4n) is 1.53. The second-order valence-corrected chi connectivity index (χ2v) is 3.33. The van der Waals surface area contributed by atoms with E-state index in [1.54, 1.807) is 0 Å². The molecular weight excluding hydrogens is 140 g/mol. The van der Waals surface area contributed by atoms with Gasteiger partial charge in [0.2, 0.25) is 0 Å². The molecule has 0 aromatic rings. The minimum absolute atomic E-state index is 0.102. The SMILES string of the molecule is CCCCC1COCCC1O. The molecule has 1 heterocycles. The molecule has 1 aliphatic rings. The van der Waals surface area contributed by atoms with Gasteiger partial charge in [-0.05, 0) is 12.8 Å². The molecule has 1 N–H and O–H groups in total. The molecule has 1 saturated heterocycles. The Morgan fingerprint density at radius 3 is 3.00 bits per heavy atom. The van der Waals surface area contributed by atoms with Crippen molar-refractivity contribution in [2.75, 3.05) is 13.2 Å². The summed E-state index contributed by atoms with van der Waals surface area (Å²) in [5.74, 6) is 0.406. The molecule has 0 aromatic heterocycles. The van der Waals surface area contributed by atoms with Crippen LogP contribution in [-0.2, 0) is 4.74 Å². The first-order chi connectivity index (χ1) is 5.34. The van der Waals surface area contributed by atoms with E-state index in [1.165, 1.54) is 12.8 Å². The molecule has 0 aromatic carbocycles. The van der Waals surface area contributed by atoms with Gasteiger partial charge < -0.3 is 9.84 Å². The fraction of sp³-hybridized carbons (Fsp3) is 1.00. The molecular formula is C9H18O2. The summed E-state index contributed by atoms with van der Waals surface area (Å²) in [7, 11) is 0. The molecule has 1 fully saturated rings. The zero-order chi connectivity index (χ0) is 8.10. The highest BCUT2D eigenvalue weighted by Crippen LogP contribution is 2.19. The van der Waals surface area contributed by atoms with Crippen LogP contribution in [0.5, 0.6) is 0 Å². The third-order valence-corrected chi connectivity index (χ3v) is 2.36. The average molecular weight is 158 g/mol. The zero-order valence-electron chi connectivity index (χ0n) is 7.25. The lowest BCUT2D eigenvalue weighted by Gasteiger charge is -2.27. The Bertz CT molecular complexity index is 104. The van der Waals surface area contributed by atoms with Gasteiger partial charge >= 0.3 is 0 Å². The largest absolute Gasteiger partial charge is 0.393 e. The standard InChI is InChI=1S/C9H18O2/c1-2-3-4-8-7-11-6-5-9(8)10/h8-10H,2-7H2,1H3. The van der Waals surface area contributed by atoms with E-state index in [2.05, 4.69) is 6.92 Å². The maximum absolute atomic E-state index is 9.52. The third-order valence-electron chi connectivity index (χ3n) is 2.36. The van der Waals surface area contributed by atoms with E-state index in [0.717, 1.165) is 26.1 Å². The van der Waals surface area contributed by atoms with Gasteiger partial charge in [0.1, 0.15) is 0 Å². The van der Waals surface area contributed by atoms with Crippen molar-refractivity contribution < 1.29 is 9.84 Å². The van der Waals surface area contributed by atoms with Crippen molar-refractivity contribution >= 4 is 0 Å². The lowest BCUT2D eigenvalue weighted by molar-refractivity contribution is -0.0388. The van der Waals surface area contributed by atoms with Crippen molar-refractivity contribution in [1.29, 1.82) is 0 Å². The number of rotatable bonds is 3. The van der Waals surface area contributed by atoms with Crippen molar-refractivity contribution in [3.8, 4) is 0 Å². The van der Waals surface area contributed by atoms with Crippen molar-refractivity contribution in [2.45, 2.75) is 38.7 Å². The predicted octanol–water partition coefficient (Wildman–Crippen LogP) is 1.57. The highest BCUT2D eigenvalue weighted by atomic mass is 16.5. The summed E-state index contributed by atoms with van der Waals surface area (Å²) in [6.45, 7) is 3.68. The van der Waals surface area contributed by atoms with Gasteiger partial charge in [0, 0.05) is 12.5 Å². The van der Waals surface area contributed by atoms with Crippen LogP contribution in [0.15, 0.2) is 0 Å². The topological polar surface area (TPSA) is 29.5 Å². The summed E-state index contributed by atoms with van der Waals surface area (Å²) in [5.41, 5.74) is 0. The Morgan fingerprint density at radius 1 is 1.55 bits per heavy atom. The van der Waals surface area contributed by atoms with Crippen LogP contribution in [0.3, 0.4) is 0 Å². The van der Waals surface area contributed by atoms with Crippen molar-refractivity contribution in [3.63, 3.8) is 0 Å². The van der Waals surface area contributed by atoms with E-state index < -0.39 is 0 Å². The van der Waals surface area contributed by atoms with Crippen LogP contribution in [0.1, 0.15) is 32.6 Å². The molecule has 0 aliphatic carbocycles. The minimum atomic E-state index is -0.102. The number of hydrogen-bond donors (Lipinski definition) is 1. The highest BCUT2D eigenvalue weighted by molar-refractivity contribution is 4.72. The summed E-state index contributed by atoms with van der Waals surface area (Å²) in [6, 6.07) is 0. The summed E-state index contributed by atoms with van der Waals surface area (Å²) < 4.78 is 5.29. The lowest BCUT2D eigenvalue weighted by Crippen LogP contribution is -2.31. The quantitative estimate of drug-likeness (QED) is 0.675. The first-order valence-electron chi connectivity index (χ1n) is 4.60. The van der Waals surface area contributed by atoms with Gasteiger partial charge in [0.25, 0.3) is 0 Å². The lowest BCUT2D eigenvalue weighted by atomic mass is 9.93. The summed E-state index contributed by atoms with van der Waals surface area (Å²) in [6.07, 6.45) is 4.27. The second kappa shape index (κ2) is 4.73. The maximum atomic E-state index is 9.52. The molecule has 2 unspecified atom stereocenters. The van der Waals surface area contributed by atoms with E-state index in [1.807, 2.05) is 0 Å². The Hall–Kier alpha value is -0.0800. The van der Waals surface area contributed by atoms with Gasteiger partial charge in [-0.25, -0.2) is 0 Å². The molecule has 66 valence electrons.